The number of nitrogens with one attached hydrogen (secondary N) is 1. The maximum Gasteiger partial charge on any atom is 0.223 e. The van der Waals surface area contributed by atoms with Gasteiger partial charge in [0.05, 0.1) is 6.54 Å². The fourth-order valence-electron chi connectivity index (χ4n) is 3.73. The number of fused-ring (bicyclic) bond motifs is 1. The summed E-state index contributed by atoms with van der Waals surface area (Å²) in [5.74, 6) is 3.71. The highest BCUT2D eigenvalue weighted by Gasteiger charge is 2.28. The van der Waals surface area contributed by atoms with Crippen LogP contribution < -0.4 is 5.32 Å². The molecule has 0 unspecified atom stereocenters. The molecular weight excluding hydrogens is 346 g/mol. The zero-order chi connectivity index (χ0) is 17.8. The van der Waals surface area contributed by atoms with E-state index in [4.69, 9.17) is 0 Å². The second-order valence-electron chi connectivity index (χ2n) is 6.87. The highest BCUT2D eigenvalue weighted by molar-refractivity contribution is 7.99. The number of benzene rings is 1. The molecule has 4 rings (SSSR count). The topological polar surface area (TPSA) is 63.1 Å². The summed E-state index contributed by atoms with van der Waals surface area (Å²) >= 11 is 1.75. The lowest BCUT2D eigenvalue weighted by molar-refractivity contribution is -0.131. The van der Waals surface area contributed by atoms with Crippen LogP contribution in [-0.4, -0.2) is 51.0 Å². The molecule has 1 aromatic heterocycles. The lowest BCUT2D eigenvalue weighted by Crippen LogP contribution is -2.39. The number of aromatic nitrogens is 3. The Morgan fingerprint density at radius 1 is 1.15 bits per heavy atom. The molecule has 26 heavy (non-hydrogen) atoms. The van der Waals surface area contributed by atoms with Crippen molar-refractivity contribution in [2.75, 3.05) is 25.4 Å². The minimum atomic E-state index is 0.277. The summed E-state index contributed by atoms with van der Waals surface area (Å²) in [4.78, 5) is 15.7. The maximum absolute atomic E-state index is 12.5. The Morgan fingerprint density at radius 3 is 2.77 bits per heavy atom. The van der Waals surface area contributed by atoms with Crippen molar-refractivity contribution in [3.63, 3.8) is 0 Å². The van der Waals surface area contributed by atoms with Gasteiger partial charge in [0.15, 0.2) is 0 Å². The van der Waals surface area contributed by atoms with Crippen molar-refractivity contribution in [3.05, 3.63) is 42.0 Å². The molecule has 0 radical (unpaired) electrons. The molecule has 0 atom stereocenters. The molecule has 2 aromatic rings. The number of amides is 1. The van der Waals surface area contributed by atoms with E-state index in [-0.39, 0.29) is 5.91 Å². The largest absolute Gasteiger partial charge is 0.343 e. The van der Waals surface area contributed by atoms with Gasteiger partial charge in [0.1, 0.15) is 11.6 Å². The number of carbonyl (C=O) groups excluding carboxylic acids is 1. The van der Waals surface area contributed by atoms with Gasteiger partial charge in [0, 0.05) is 49.2 Å². The third-order valence-corrected chi connectivity index (χ3v) is 6.21. The molecule has 2 aliphatic rings. The molecule has 0 bridgehead atoms. The summed E-state index contributed by atoms with van der Waals surface area (Å²) < 4.78 is 2.27. The van der Waals surface area contributed by atoms with Crippen LogP contribution in [-0.2, 0) is 17.9 Å². The van der Waals surface area contributed by atoms with Gasteiger partial charge >= 0.3 is 0 Å². The Bertz CT molecular complexity index is 740. The Balaban J connectivity index is 1.25. The summed E-state index contributed by atoms with van der Waals surface area (Å²) in [6, 6.07) is 10.3. The zero-order valence-corrected chi connectivity index (χ0v) is 15.7. The standard InChI is InChI=1S/C19H25N5OS/c25-18(8-13-26-16-4-2-1-3-5-16)23-10-6-15(7-11-23)19-22-21-17-14-20-9-12-24(17)19/h1-5,15,20H,6-14H2. The summed E-state index contributed by atoms with van der Waals surface area (Å²) in [6.07, 6.45) is 2.59. The minimum Gasteiger partial charge on any atom is -0.343 e. The average molecular weight is 372 g/mol. The number of likely N-dealkylation sites (tertiary alicyclic amines) is 1. The van der Waals surface area contributed by atoms with E-state index in [9.17, 15) is 4.79 Å². The lowest BCUT2D eigenvalue weighted by Gasteiger charge is -2.32. The van der Waals surface area contributed by atoms with E-state index in [1.54, 1.807) is 11.8 Å². The SMILES string of the molecule is O=C(CCSc1ccccc1)N1CCC(c2nnc3n2CCNC3)CC1. The molecule has 2 aliphatic heterocycles. The summed E-state index contributed by atoms with van der Waals surface area (Å²) in [6.45, 7) is 4.41. The molecule has 1 amide bonds. The van der Waals surface area contributed by atoms with Gasteiger partial charge in [0.25, 0.3) is 0 Å². The van der Waals surface area contributed by atoms with Crippen LogP contribution in [0.25, 0.3) is 0 Å². The minimum absolute atomic E-state index is 0.277. The predicted molar refractivity (Wildman–Crippen MR) is 102 cm³/mol. The van der Waals surface area contributed by atoms with Gasteiger partial charge in [-0.1, -0.05) is 18.2 Å². The predicted octanol–water partition coefficient (Wildman–Crippen LogP) is 2.27. The van der Waals surface area contributed by atoms with E-state index in [1.807, 2.05) is 23.1 Å². The van der Waals surface area contributed by atoms with Gasteiger partial charge in [-0.3, -0.25) is 4.79 Å². The van der Waals surface area contributed by atoms with Crippen LogP contribution in [0.15, 0.2) is 35.2 Å². The monoisotopic (exact) mass is 371 g/mol. The van der Waals surface area contributed by atoms with E-state index in [0.29, 0.717) is 12.3 Å². The van der Waals surface area contributed by atoms with Crippen LogP contribution in [0.5, 0.6) is 0 Å². The van der Waals surface area contributed by atoms with Crippen molar-refractivity contribution in [2.45, 2.75) is 43.2 Å². The molecule has 3 heterocycles. The second kappa shape index (κ2) is 8.22. The van der Waals surface area contributed by atoms with Crippen LogP contribution in [0.1, 0.15) is 36.8 Å². The van der Waals surface area contributed by atoms with Crippen LogP contribution in [0.4, 0.5) is 0 Å². The number of hydrogen-bond donors (Lipinski definition) is 1. The van der Waals surface area contributed by atoms with Crippen LogP contribution in [0, 0.1) is 0 Å². The van der Waals surface area contributed by atoms with Gasteiger partial charge in [0.2, 0.25) is 5.91 Å². The lowest BCUT2D eigenvalue weighted by atomic mass is 9.95. The summed E-state index contributed by atoms with van der Waals surface area (Å²) in [5.41, 5.74) is 0. The number of hydrogen-bond acceptors (Lipinski definition) is 5. The first-order valence-electron chi connectivity index (χ1n) is 9.39. The van der Waals surface area contributed by atoms with E-state index < -0.39 is 0 Å². The third kappa shape index (κ3) is 3.94. The Labute approximate surface area is 158 Å². The first kappa shape index (κ1) is 17.5. The molecule has 6 nitrogen and oxygen atoms in total. The first-order valence-corrected chi connectivity index (χ1v) is 10.4. The number of thioether (sulfide) groups is 1. The van der Waals surface area contributed by atoms with Gasteiger partial charge in [-0.2, -0.15) is 0 Å². The molecule has 1 saturated heterocycles. The van der Waals surface area contributed by atoms with Crippen molar-refractivity contribution in [1.29, 1.82) is 0 Å². The van der Waals surface area contributed by atoms with E-state index in [1.165, 1.54) is 4.90 Å². The number of carbonyl (C=O) groups is 1. The Morgan fingerprint density at radius 2 is 1.96 bits per heavy atom. The molecule has 138 valence electrons. The van der Waals surface area contributed by atoms with E-state index in [0.717, 1.165) is 63.0 Å². The van der Waals surface area contributed by atoms with Crippen LogP contribution in [0.3, 0.4) is 0 Å². The van der Waals surface area contributed by atoms with Gasteiger partial charge in [-0.15, -0.1) is 22.0 Å². The highest BCUT2D eigenvalue weighted by Crippen LogP contribution is 2.28. The van der Waals surface area contributed by atoms with Crippen molar-refractivity contribution in [3.8, 4) is 0 Å². The highest BCUT2D eigenvalue weighted by atomic mass is 32.2. The Kier molecular flexibility index (Phi) is 5.55. The quantitative estimate of drug-likeness (QED) is 0.817. The zero-order valence-electron chi connectivity index (χ0n) is 14.9. The smallest absolute Gasteiger partial charge is 0.223 e. The van der Waals surface area contributed by atoms with E-state index in [2.05, 4.69) is 32.2 Å². The number of nitrogens with zero attached hydrogens (tertiary/aromatic N) is 4. The van der Waals surface area contributed by atoms with Gasteiger partial charge in [-0.05, 0) is 25.0 Å². The molecule has 0 spiro atoms. The maximum atomic E-state index is 12.5. The molecule has 0 saturated carbocycles. The molecule has 1 fully saturated rings. The van der Waals surface area contributed by atoms with Crippen molar-refractivity contribution >= 4 is 17.7 Å². The second-order valence-corrected chi connectivity index (χ2v) is 8.04. The Hall–Kier alpha value is -1.86. The van der Waals surface area contributed by atoms with Crippen molar-refractivity contribution < 1.29 is 4.79 Å². The molecule has 1 N–H and O–H groups in total. The summed E-state index contributed by atoms with van der Waals surface area (Å²) in [5, 5.41) is 12.1. The van der Waals surface area contributed by atoms with Gasteiger partial charge in [-0.25, -0.2) is 0 Å². The average Bonchev–Trinajstić information content (AvgIpc) is 3.13. The molecular formula is C19H25N5OS. The fraction of sp³-hybridized carbons (Fsp3) is 0.526. The first-order chi connectivity index (χ1) is 12.8. The molecule has 1 aromatic carbocycles. The molecule has 0 aliphatic carbocycles. The normalized spacial score (nSPS) is 17.9. The third-order valence-electron chi connectivity index (χ3n) is 5.19. The van der Waals surface area contributed by atoms with Crippen molar-refractivity contribution in [2.24, 2.45) is 0 Å². The van der Waals surface area contributed by atoms with E-state index >= 15 is 0 Å². The van der Waals surface area contributed by atoms with Crippen LogP contribution in [0.2, 0.25) is 0 Å². The van der Waals surface area contributed by atoms with Gasteiger partial charge < -0.3 is 14.8 Å². The van der Waals surface area contributed by atoms with Crippen LogP contribution >= 0.6 is 11.8 Å². The summed E-state index contributed by atoms with van der Waals surface area (Å²) in [7, 11) is 0. The molecule has 7 heteroatoms. The fourth-order valence-corrected chi connectivity index (χ4v) is 4.60. The number of rotatable bonds is 5. The van der Waals surface area contributed by atoms with Crippen molar-refractivity contribution in [1.82, 2.24) is 25.0 Å². The number of piperidine rings is 1.